The van der Waals surface area contributed by atoms with E-state index in [1.807, 2.05) is 30.3 Å². The molecule has 3 N–H and O–H groups in total. The first-order chi connectivity index (χ1) is 8.76. The summed E-state index contributed by atoms with van der Waals surface area (Å²) in [6.45, 7) is 2.97. The van der Waals surface area contributed by atoms with Crippen molar-refractivity contribution in [3.8, 4) is 5.75 Å². The summed E-state index contributed by atoms with van der Waals surface area (Å²) in [6, 6.07) is 9.69. The van der Waals surface area contributed by atoms with Crippen LogP contribution in [0.15, 0.2) is 30.3 Å². The summed E-state index contributed by atoms with van der Waals surface area (Å²) in [7, 11) is 0. The normalized spacial score (nSPS) is 14.2. The first-order valence-electron chi connectivity index (χ1n) is 6.46. The van der Waals surface area contributed by atoms with Crippen molar-refractivity contribution in [1.82, 2.24) is 5.32 Å². The van der Waals surface area contributed by atoms with E-state index in [0.717, 1.165) is 12.2 Å². The van der Waals surface area contributed by atoms with Gasteiger partial charge in [0.05, 0.1) is 0 Å². The maximum Gasteiger partial charge on any atom is 0.119 e. The second-order valence-electron chi connectivity index (χ2n) is 4.30. The van der Waals surface area contributed by atoms with Crippen molar-refractivity contribution in [2.75, 3.05) is 19.8 Å². The predicted octanol–water partition coefficient (Wildman–Crippen LogP) is 1.18. The molecule has 0 radical (unpaired) electrons. The Morgan fingerprint density at radius 2 is 2.00 bits per heavy atom. The zero-order valence-corrected chi connectivity index (χ0v) is 10.9. The summed E-state index contributed by atoms with van der Waals surface area (Å²) in [6.07, 6.45) is 1.10. The van der Waals surface area contributed by atoms with Gasteiger partial charge in [-0.05, 0) is 25.0 Å². The Morgan fingerprint density at radius 1 is 1.28 bits per heavy atom. The maximum absolute atomic E-state index is 9.77. The minimum atomic E-state index is -0.544. The summed E-state index contributed by atoms with van der Waals surface area (Å²) in [5.74, 6) is 0.763. The van der Waals surface area contributed by atoms with Crippen molar-refractivity contribution in [2.45, 2.75) is 31.9 Å². The minimum absolute atomic E-state index is 0.169. The van der Waals surface area contributed by atoms with Crippen LogP contribution >= 0.6 is 0 Å². The van der Waals surface area contributed by atoms with E-state index < -0.39 is 6.10 Å². The van der Waals surface area contributed by atoms with E-state index in [4.69, 9.17) is 9.84 Å². The molecule has 1 aromatic carbocycles. The van der Waals surface area contributed by atoms with E-state index >= 15 is 0 Å². The molecular weight excluding hydrogens is 230 g/mol. The number of rotatable bonds is 9. The molecule has 4 heteroatoms. The molecule has 0 aliphatic rings. The zero-order valence-electron chi connectivity index (χ0n) is 10.9. The first-order valence-corrected chi connectivity index (χ1v) is 6.46. The molecule has 0 aromatic heterocycles. The smallest absolute Gasteiger partial charge is 0.119 e. The second kappa shape index (κ2) is 8.91. The van der Waals surface area contributed by atoms with Gasteiger partial charge in [-0.1, -0.05) is 25.1 Å². The van der Waals surface area contributed by atoms with Crippen LogP contribution in [0.5, 0.6) is 5.75 Å². The Morgan fingerprint density at radius 3 is 2.61 bits per heavy atom. The Balaban J connectivity index is 2.19. The molecule has 0 heterocycles. The minimum Gasteiger partial charge on any atom is -0.491 e. The van der Waals surface area contributed by atoms with Gasteiger partial charge in [0.25, 0.3) is 0 Å². The van der Waals surface area contributed by atoms with Crippen LogP contribution in [0, 0.1) is 0 Å². The molecule has 18 heavy (non-hydrogen) atoms. The molecule has 0 saturated carbocycles. The highest BCUT2D eigenvalue weighted by molar-refractivity contribution is 5.20. The molecular formula is C14H23NO3. The number of hydrogen-bond acceptors (Lipinski definition) is 4. The van der Waals surface area contributed by atoms with E-state index in [0.29, 0.717) is 13.0 Å². The molecule has 102 valence electrons. The molecule has 4 nitrogen and oxygen atoms in total. The molecule has 0 aliphatic carbocycles. The van der Waals surface area contributed by atoms with Gasteiger partial charge in [0.2, 0.25) is 0 Å². The standard InChI is InChI=1S/C14H23NO3/c1-2-12(8-9-16)15-10-13(17)11-18-14-6-4-3-5-7-14/h3-7,12-13,15-17H,2,8-11H2,1H3. The summed E-state index contributed by atoms with van der Waals surface area (Å²) < 4.78 is 5.45. The Hall–Kier alpha value is -1.10. The monoisotopic (exact) mass is 253 g/mol. The fraction of sp³-hybridized carbons (Fsp3) is 0.571. The third-order valence-corrected chi connectivity index (χ3v) is 2.80. The van der Waals surface area contributed by atoms with Crippen molar-refractivity contribution in [3.63, 3.8) is 0 Å². The Labute approximate surface area is 109 Å². The van der Waals surface area contributed by atoms with Crippen molar-refractivity contribution >= 4 is 0 Å². The highest BCUT2D eigenvalue weighted by atomic mass is 16.5. The molecule has 0 bridgehead atoms. The molecule has 0 fully saturated rings. The lowest BCUT2D eigenvalue weighted by Crippen LogP contribution is -2.38. The number of aliphatic hydroxyl groups is 2. The largest absolute Gasteiger partial charge is 0.491 e. The third-order valence-electron chi connectivity index (χ3n) is 2.80. The van der Waals surface area contributed by atoms with Crippen LogP contribution in [0.4, 0.5) is 0 Å². The third kappa shape index (κ3) is 6.00. The second-order valence-corrected chi connectivity index (χ2v) is 4.30. The van der Waals surface area contributed by atoms with Crippen LogP contribution in [-0.2, 0) is 0 Å². The number of hydrogen-bond donors (Lipinski definition) is 3. The first kappa shape index (κ1) is 15.0. The molecule has 0 saturated heterocycles. The van der Waals surface area contributed by atoms with E-state index in [9.17, 15) is 5.11 Å². The van der Waals surface area contributed by atoms with Crippen LogP contribution < -0.4 is 10.1 Å². The number of aliphatic hydroxyl groups excluding tert-OH is 2. The van der Waals surface area contributed by atoms with Gasteiger partial charge in [-0.2, -0.15) is 0 Å². The van der Waals surface area contributed by atoms with E-state index in [1.165, 1.54) is 0 Å². The molecule has 0 spiro atoms. The van der Waals surface area contributed by atoms with Crippen molar-refractivity contribution in [2.24, 2.45) is 0 Å². The maximum atomic E-state index is 9.77. The highest BCUT2D eigenvalue weighted by Gasteiger charge is 2.09. The zero-order chi connectivity index (χ0) is 13.2. The lowest BCUT2D eigenvalue weighted by atomic mass is 10.1. The van der Waals surface area contributed by atoms with Gasteiger partial charge in [-0.15, -0.1) is 0 Å². The number of ether oxygens (including phenoxy) is 1. The SMILES string of the molecule is CCC(CCO)NCC(O)COc1ccccc1. The van der Waals surface area contributed by atoms with Gasteiger partial charge in [0.15, 0.2) is 0 Å². The molecule has 1 aromatic rings. The van der Waals surface area contributed by atoms with Crippen LogP contribution in [0.2, 0.25) is 0 Å². The molecule has 0 aliphatic heterocycles. The predicted molar refractivity (Wildman–Crippen MR) is 71.7 cm³/mol. The van der Waals surface area contributed by atoms with E-state index in [2.05, 4.69) is 12.2 Å². The Bertz CT molecular complexity index is 305. The summed E-state index contributed by atoms with van der Waals surface area (Å²) in [4.78, 5) is 0. The molecule has 2 atom stereocenters. The van der Waals surface area contributed by atoms with Crippen LogP contribution in [0.3, 0.4) is 0 Å². The number of para-hydroxylation sites is 1. The topological polar surface area (TPSA) is 61.7 Å². The van der Waals surface area contributed by atoms with E-state index in [-0.39, 0.29) is 19.3 Å². The van der Waals surface area contributed by atoms with Gasteiger partial charge >= 0.3 is 0 Å². The Kier molecular flexibility index (Phi) is 7.41. The van der Waals surface area contributed by atoms with Crippen molar-refractivity contribution in [3.05, 3.63) is 30.3 Å². The number of nitrogens with one attached hydrogen (secondary N) is 1. The molecule has 1 rings (SSSR count). The lowest BCUT2D eigenvalue weighted by molar-refractivity contribution is 0.102. The molecule has 2 unspecified atom stereocenters. The van der Waals surface area contributed by atoms with Crippen LogP contribution in [0.25, 0.3) is 0 Å². The van der Waals surface area contributed by atoms with Crippen molar-refractivity contribution < 1.29 is 14.9 Å². The summed E-state index contributed by atoms with van der Waals surface area (Å²) >= 11 is 0. The van der Waals surface area contributed by atoms with Gasteiger partial charge in [0.1, 0.15) is 18.5 Å². The highest BCUT2D eigenvalue weighted by Crippen LogP contribution is 2.08. The fourth-order valence-corrected chi connectivity index (χ4v) is 1.68. The summed E-state index contributed by atoms with van der Waals surface area (Å²) in [5.41, 5.74) is 0. The molecule has 0 amide bonds. The van der Waals surface area contributed by atoms with E-state index in [1.54, 1.807) is 0 Å². The van der Waals surface area contributed by atoms with Gasteiger partial charge in [-0.25, -0.2) is 0 Å². The van der Waals surface area contributed by atoms with Crippen LogP contribution in [0.1, 0.15) is 19.8 Å². The van der Waals surface area contributed by atoms with Gasteiger partial charge in [-0.3, -0.25) is 0 Å². The number of benzene rings is 1. The quantitative estimate of drug-likeness (QED) is 0.618. The van der Waals surface area contributed by atoms with Crippen LogP contribution in [-0.4, -0.2) is 42.1 Å². The van der Waals surface area contributed by atoms with Crippen molar-refractivity contribution in [1.29, 1.82) is 0 Å². The lowest BCUT2D eigenvalue weighted by Gasteiger charge is -2.19. The average molecular weight is 253 g/mol. The van der Waals surface area contributed by atoms with Gasteiger partial charge in [0, 0.05) is 19.2 Å². The fourth-order valence-electron chi connectivity index (χ4n) is 1.68. The van der Waals surface area contributed by atoms with Gasteiger partial charge < -0.3 is 20.3 Å². The average Bonchev–Trinajstić information content (AvgIpc) is 2.42. The summed E-state index contributed by atoms with van der Waals surface area (Å²) in [5, 5.41) is 21.8.